The van der Waals surface area contributed by atoms with Crippen LogP contribution in [-0.2, 0) is 0 Å². The molecular weight excluding hydrogens is 503 g/mol. The highest BCUT2D eigenvalue weighted by atomic mass is 19.1. The molecule has 0 bridgehead atoms. The van der Waals surface area contributed by atoms with Crippen molar-refractivity contribution in [1.82, 2.24) is 9.47 Å². The van der Waals surface area contributed by atoms with Gasteiger partial charge >= 0.3 is 5.97 Å². The number of pyridine rings is 1. The number of hydrogen-bond donors (Lipinski definition) is 2. The van der Waals surface area contributed by atoms with E-state index in [-0.39, 0.29) is 37.2 Å². The molecule has 4 rings (SSSR count). The number of halogens is 1. The first-order valence-corrected chi connectivity index (χ1v) is 12.4. The number of aromatic carboxylic acids is 1. The number of fused-ring (bicyclic) bond motifs is 1. The van der Waals surface area contributed by atoms with Gasteiger partial charge in [-0.2, -0.15) is 0 Å². The van der Waals surface area contributed by atoms with Crippen molar-refractivity contribution < 1.29 is 28.9 Å². The van der Waals surface area contributed by atoms with Crippen molar-refractivity contribution in [3.05, 3.63) is 119 Å². The number of allylic oxidation sites excluding steroid dienone is 2. The summed E-state index contributed by atoms with van der Waals surface area (Å²) >= 11 is 0. The molecule has 1 aliphatic rings. The Morgan fingerprint density at radius 2 is 1.82 bits per heavy atom. The molecule has 2 unspecified atom stereocenters. The Kier molecular flexibility index (Phi) is 8.29. The number of aromatic hydroxyl groups is 1. The second kappa shape index (κ2) is 11.8. The van der Waals surface area contributed by atoms with Crippen LogP contribution in [0, 0.1) is 11.7 Å². The van der Waals surface area contributed by atoms with Gasteiger partial charge in [0.25, 0.3) is 5.91 Å². The lowest BCUT2D eigenvalue weighted by molar-refractivity contribution is 0.0594. The Labute approximate surface area is 224 Å². The molecule has 1 amide bonds. The second-order valence-electron chi connectivity index (χ2n) is 9.26. The summed E-state index contributed by atoms with van der Waals surface area (Å²) in [7, 11) is 0. The minimum absolute atomic E-state index is 0.0653. The third-order valence-electron chi connectivity index (χ3n) is 6.94. The number of amides is 1. The monoisotopic (exact) mass is 532 g/mol. The van der Waals surface area contributed by atoms with E-state index in [0.717, 1.165) is 11.8 Å². The molecule has 3 aromatic rings. The van der Waals surface area contributed by atoms with Gasteiger partial charge in [0, 0.05) is 18.7 Å². The highest BCUT2D eigenvalue weighted by molar-refractivity contribution is 5.97. The molecule has 9 heteroatoms. The number of nitrogens with zero attached hydrogens (tertiary/aromatic N) is 2. The van der Waals surface area contributed by atoms with Gasteiger partial charge in [-0.3, -0.25) is 9.59 Å². The van der Waals surface area contributed by atoms with Gasteiger partial charge in [-0.05, 0) is 42.2 Å². The minimum atomic E-state index is -1.51. The third-order valence-corrected chi connectivity index (χ3v) is 6.94. The van der Waals surface area contributed by atoms with Crippen molar-refractivity contribution in [3.63, 3.8) is 0 Å². The van der Waals surface area contributed by atoms with E-state index >= 15 is 0 Å². The molecule has 0 fully saturated rings. The van der Waals surface area contributed by atoms with Crippen LogP contribution in [0.4, 0.5) is 4.39 Å². The molecule has 2 aromatic carbocycles. The first-order valence-electron chi connectivity index (χ1n) is 12.4. The fourth-order valence-electron chi connectivity index (χ4n) is 5.09. The average Bonchev–Trinajstić information content (AvgIpc) is 2.93. The molecule has 2 N–H and O–H groups in total. The maximum Gasteiger partial charge on any atom is 0.341 e. The molecule has 0 aliphatic carbocycles. The summed E-state index contributed by atoms with van der Waals surface area (Å²) in [5.41, 5.74) is -1.14. The molecule has 1 aliphatic heterocycles. The van der Waals surface area contributed by atoms with Gasteiger partial charge in [-0.15, -0.1) is 13.2 Å². The highest BCUT2D eigenvalue weighted by Crippen LogP contribution is 2.42. The smallest absolute Gasteiger partial charge is 0.341 e. The van der Waals surface area contributed by atoms with Crippen molar-refractivity contribution in [2.45, 2.75) is 18.4 Å². The van der Waals surface area contributed by atoms with E-state index in [2.05, 4.69) is 13.2 Å². The largest absolute Gasteiger partial charge is 0.503 e. The molecule has 2 heterocycles. The molecule has 39 heavy (non-hydrogen) atoms. The second-order valence-corrected chi connectivity index (χ2v) is 9.26. The number of rotatable bonds is 11. The Morgan fingerprint density at radius 1 is 1.13 bits per heavy atom. The van der Waals surface area contributed by atoms with Crippen molar-refractivity contribution in [2.24, 2.45) is 5.92 Å². The summed E-state index contributed by atoms with van der Waals surface area (Å²) in [6, 6.07) is 14.4. The van der Waals surface area contributed by atoms with Gasteiger partial charge in [0.05, 0.1) is 12.6 Å². The van der Waals surface area contributed by atoms with Crippen LogP contribution in [-0.4, -0.2) is 51.3 Å². The van der Waals surface area contributed by atoms with Crippen LogP contribution in [0.25, 0.3) is 0 Å². The summed E-state index contributed by atoms with van der Waals surface area (Å²) in [6.07, 6.45) is 5.24. The molecule has 1 aromatic heterocycles. The number of carbonyl (C=O) groups is 2. The Balaban J connectivity index is 1.80. The van der Waals surface area contributed by atoms with E-state index in [1.54, 1.807) is 12.2 Å². The van der Waals surface area contributed by atoms with Crippen molar-refractivity contribution in [1.29, 1.82) is 0 Å². The van der Waals surface area contributed by atoms with Crippen molar-refractivity contribution >= 4 is 11.9 Å². The predicted octanol–water partition coefficient (Wildman–Crippen LogP) is 4.63. The topological polar surface area (TPSA) is 109 Å². The lowest BCUT2D eigenvalue weighted by Crippen LogP contribution is -2.48. The molecule has 0 spiro atoms. The first-order chi connectivity index (χ1) is 18.8. The van der Waals surface area contributed by atoms with Crippen LogP contribution in [0.5, 0.6) is 11.5 Å². The van der Waals surface area contributed by atoms with Gasteiger partial charge in [-0.1, -0.05) is 42.5 Å². The lowest BCUT2D eigenvalue weighted by atomic mass is 9.77. The van der Waals surface area contributed by atoms with E-state index < -0.39 is 40.5 Å². The lowest BCUT2D eigenvalue weighted by Gasteiger charge is -2.42. The van der Waals surface area contributed by atoms with Crippen LogP contribution in [0.3, 0.4) is 0 Å². The minimum Gasteiger partial charge on any atom is -0.503 e. The molecule has 0 radical (unpaired) electrons. The Hall–Kier alpha value is -4.66. The summed E-state index contributed by atoms with van der Waals surface area (Å²) in [5.74, 6) is -3.53. The zero-order valence-electron chi connectivity index (χ0n) is 21.2. The highest BCUT2D eigenvalue weighted by Gasteiger charge is 2.41. The zero-order valence-corrected chi connectivity index (χ0v) is 21.2. The maximum atomic E-state index is 13.5. The standard InChI is InChI=1S/C30H29FN2O6/c1-3-8-19(4-2)25(20-9-6-5-7-10-20)24-18-32(15-16-39-22-13-11-21(31)12-14-22)29(36)26-28(35)27(34)23(30(37)38)17-33(24)26/h3-7,9-14,17,19,24-25,35H,1-2,8,15-16,18H2,(H,37,38)/t19?,24-,25?/m1/s1. The summed E-state index contributed by atoms with van der Waals surface area (Å²) in [5, 5.41) is 20.5. The fraction of sp³-hybridized carbons (Fsp3) is 0.233. The molecular formula is C30H29FN2O6. The number of hydrogen-bond acceptors (Lipinski definition) is 5. The van der Waals surface area contributed by atoms with Crippen LogP contribution in [0.15, 0.2) is 90.9 Å². The van der Waals surface area contributed by atoms with E-state index in [1.807, 2.05) is 30.3 Å². The van der Waals surface area contributed by atoms with Crippen molar-refractivity contribution in [3.8, 4) is 11.5 Å². The van der Waals surface area contributed by atoms with Gasteiger partial charge in [-0.25, -0.2) is 9.18 Å². The maximum absolute atomic E-state index is 13.5. The molecule has 202 valence electrons. The summed E-state index contributed by atoms with van der Waals surface area (Å²) < 4.78 is 20.3. The summed E-state index contributed by atoms with van der Waals surface area (Å²) in [4.78, 5) is 39.6. The number of aromatic nitrogens is 1. The van der Waals surface area contributed by atoms with Crippen LogP contribution < -0.4 is 10.2 Å². The molecule has 0 saturated heterocycles. The SMILES string of the molecule is C=CCC(C=C)C(c1ccccc1)[C@H]1CN(CCOc2ccc(F)cc2)C(=O)c2c(O)c(=O)c(C(=O)O)cn21. The zero-order chi connectivity index (χ0) is 28.1. The molecule has 8 nitrogen and oxygen atoms in total. The van der Waals surface area contributed by atoms with Crippen LogP contribution in [0.1, 0.15) is 44.8 Å². The number of carboxylic acid groups (broad SMARTS) is 1. The Bertz CT molecular complexity index is 1430. The van der Waals surface area contributed by atoms with E-state index in [0.29, 0.717) is 12.2 Å². The molecule has 3 atom stereocenters. The predicted molar refractivity (Wildman–Crippen MR) is 144 cm³/mol. The van der Waals surface area contributed by atoms with Gasteiger partial charge in [0.15, 0.2) is 11.4 Å². The quantitative estimate of drug-likeness (QED) is 0.349. The molecule has 0 saturated carbocycles. The van der Waals surface area contributed by atoms with E-state index in [1.165, 1.54) is 33.7 Å². The Morgan fingerprint density at radius 3 is 2.44 bits per heavy atom. The van der Waals surface area contributed by atoms with Crippen LogP contribution in [0.2, 0.25) is 0 Å². The van der Waals surface area contributed by atoms with Crippen LogP contribution >= 0.6 is 0 Å². The van der Waals surface area contributed by atoms with Gasteiger partial charge in [0.2, 0.25) is 5.43 Å². The van der Waals surface area contributed by atoms with E-state index in [9.17, 15) is 29.0 Å². The summed E-state index contributed by atoms with van der Waals surface area (Å²) in [6.45, 7) is 8.17. The average molecular weight is 533 g/mol. The first kappa shape index (κ1) is 27.4. The third kappa shape index (κ3) is 5.62. The number of carbonyl (C=O) groups excluding carboxylic acids is 1. The van der Waals surface area contributed by atoms with E-state index in [4.69, 9.17) is 4.74 Å². The van der Waals surface area contributed by atoms with Crippen molar-refractivity contribution in [2.75, 3.05) is 19.7 Å². The van der Waals surface area contributed by atoms with Gasteiger partial charge < -0.3 is 24.4 Å². The number of ether oxygens (including phenoxy) is 1. The fourth-order valence-corrected chi connectivity index (χ4v) is 5.09. The normalized spacial score (nSPS) is 16.2. The van der Waals surface area contributed by atoms with Gasteiger partial charge in [0.1, 0.15) is 23.7 Å². The number of carboxylic acids is 1. The number of benzene rings is 2.